The van der Waals surface area contributed by atoms with Crippen LogP contribution in [0.2, 0.25) is 0 Å². The quantitative estimate of drug-likeness (QED) is 0.727. The first-order valence-electron chi connectivity index (χ1n) is 6.88. The topological polar surface area (TPSA) is 28.7 Å². The average Bonchev–Trinajstić information content (AvgIpc) is 2.77. The number of nitrogens with one attached hydrogen (secondary N) is 1. The Morgan fingerprint density at radius 1 is 1.18 bits per heavy atom. The van der Waals surface area contributed by atoms with Crippen molar-refractivity contribution in [2.45, 2.75) is 44.4 Å². The number of aromatic amines is 1. The fourth-order valence-electron chi connectivity index (χ4n) is 3.99. The summed E-state index contributed by atoms with van der Waals surface area (Å²) < 4.78 is 0. The molecular weight excluding hydrogens is 208 g/mol. The molecule has 0 spiro atoms. The Hall–Kier alpha value is -1.31. The molecule has 88 valence electrons. The zero-order valence-corrected chi connectivity index (χ0v) is 10.1. The fraction of sp³-hybridized carbons (Fsp3) is 0.533. The van der Waals surface area contributed by atoms with Crippen LogP contribution in [0.25, 0.3) is 10.9 Å². The fourth-order valence-corrected chi connectivity index (χ4v) is 3.99. The molecule has 0 radical (unpaired) electrons. The Bertz CT molecular complexity index is 555. The highest BCUT2D eigenvalue weighted by Crippen LogP contribution is 2.47. The minimum Gasteiger partial charge on any atom is -0.358 e. The lowest BCUT2D eigenvalue weighted by atomic mass is 9.69. The van der Waals surface area contributed by atoms with Crippen molar-refractivity contribution >= 4 is 10.9 Å². The lowest BCUT2D eigenvalue weighted by Gasteiger charge is -2.35. The van der Waals surface area contributed by atoms with Crippen LogP contribution in [0.15, 0.2) is 18.5 Å². The van der Waals surface area contributed by atoms with Crippen LogP contribution in [0.5, 0.6) is 0 Å². The lowest BCUT2D eigenvalue weighted by molar-refractivity contribution is 0.276. The van der Waals surface area contributed by atoms with E-state index in [2.05, 4.69) is 22.2 Å². The van der Waals surface area contributed by atoms with Crippen LogP contribution in [-0.4, -0.2) is 9.97 Å². The van der Waals surface area contributed by atoms with Gasteiger partial charge < -0.3 is 4.98 Å². The predicted octanol–water partition coefficient (Wildman–Crippen LogP) is 3.78. The number of aryl methyl sites for hydroxylation is 1. The minimum absolute atomic E-state index is 0.811. The summed E-state index contributed by atoms with van der Waals surface area (Å²) in [5, 5.41) is 1.39. The van der Waals surface area contributed by atoms with E-state index in [-0.39, 0.29) is 0 Å². The Labute approximate surface area is 101 Å². The molecule has 0 amide bonds. The molecule has 0 bridgehead atoms. The molecule has 2 unspecified atom stereocenters. The molecule has 1 fully saturated rings. The second-order valence-electron chi connectivity index (χ2n) is 5.63. The molecule has 4 rings (SSSR count). The number of fused-ring (bicyclic) bond motifs is 5. The third-order valence-corrected chi connectivity index (χ3v) is 4.77. The maximum atomic E-state index is 4.31. The summed E-state index contributed by atoms with van der Waals surface area (Å²) in [6.45, 7) is 0. The molecule has 0 aromatic carbocycles. The van der Waals surface area contributed by atoms with E-state index in [4.69, 9.17) is 0 Å². The number of nitrogens with zero attached hydrogens (tertiary/aromatic N) is 1. The molecular formula is C15H18N2. The largest absolute Gasteiger partial charge is 0.358 e. The van der Waals surface area contributed by atoms with Gasteiger partial charge in [0.05, 0.1) is 0 Å². The van der Waals surface area contributed by atoms with Gasteiger partial charge in [-0.25, -0.2) is 0 Å². The van der Waals surface area contributed by atoms with Crippen molar-refractivity contribution in [2.24, 2.45) is 5.92 Å². The number of hydrogen-bond donors (Lipinski definition) is 1. The summed E-state index contributed by atoms with van der Waals surface area (Å²) in [5.74, 6) is 1.75. The maximum Gasteiger partial charge on any atom is 0.0490 e. The minimum atomic E-state index is 0.811. The first kappa shape index (κ1) is 9.69. The van der Waals surface area contributed by atoms with Gasteiger partial charge in [-0.2, -0.15) is 0 Å². The molecule has 2 aromatic rings. The molecule has 2 heteroatoms. The summed E-state index contributed by atoms with van der Waals surface area (Å²) >= 11 is 0. The summed E-state index contributed by atoms with van der Waals surface area (Å²) in [6, 6.07) is 2.12. The van der Waals surface area contributed by atoms with Gasteiger partial charge in [-0.05, 0) is 49.1 Å². The zero-order chi connectivity index (χ0) is 11.2. The summed E-state index contributed by atoms with van der Waals surface area (Å²) in [6.07, 6.45) is 12.3. The van der Waals surface area contributed by atoms with Crippen molar-refractivity contribution in [3.05, 3.63) is 29.7 Å². The summed E-state index contributed by atoms with van der Waals surface area (Å²) in [4.78, 5) is 7.92. The van der Waals surface area contributed by atoms with Gasteiger partial charge in [0.1, 0.15) is 0 Å². The number of aromatic nitrogens is 2. The van der Waals surface area contributed by atoms with Crippen molar-refractivity contribution in [3.8, 4) is 0 Å². The van der Waals surface area contributed by atoms with Gasteiger partial charge in [-0.3, -0.25) is 4.98 Å². The lowest BCUT2D eigenvalue weighted by Crippen LogP contribution is -2.23. The predicted molar refractivity (Wildman–Crippen MR) is 69.1 cm³/mol. The van der Waals surface area contributed by atoms with Crippen LogP contribution < -0.4 is 0 Å². The first-order valence-corrected chi connectivity index (χ1v) is 6.88. The number of hydrogen-bond acceptors (Lipinski definition) is 1. The van der Waals surface area contributed by atoms with E-state index in [1.165, 1.54) is 55.1 Å². The van der Waals surface area contributed by atoms with Crippen LogP contribution >= 0.6 is 0 Å². The van der Waals surface area contributed by atoms with E-state index in [9.17, 15) is 0 Å². The molecule has 2 heterocycles. The summed E-state index contributed by atoms with van der Waals surface area (Å²) in [7, 11) is 0. The van der Waals surface area contributed by atoms with Crippen LogP contribution in [0.3, 0.4) is 0 Å². The Morgan fingerprint density at radius 2 is 2.12 bits per heavy atom. The van der Waals surface area contributed by atoms with Crippen molar-refractivity contribution < 1.29 is 0 Å². The average molecular weight is 226 g/mol. The molecule has 0 aliphatic heterocycles. The Kier molecular flexibility index (Phi) is 2.05. The van der Waals surface area contributed by atoms with Crippen molar-refractivity contribution in [1.82, 2.24) is 9.97 Å². The Balaban J connectivity index is 1.92. The van der Waals surface area contributed by atoms with E-state index < -0.39 is 0 Å². The van der Waals surface area contributed by atoms with Crippen molar-refractivity contribution in [1.29, 1.82) is 0 Å². The standard InChI is InChI=1S/C15H18N2/c1-2-4-11-10(3-1)5-6-14-15(11)12-9-16-8-7-13(12)17-14/h7-11,17H,1-6H2. The van der Waals surface area contributed by atoms with Crippen LogP contribution in [0.1, 0.15) is 49.3 Å². The third-order valence-electron chi connectivity index (χ3n) is 4.77. The molecule has 2 atom stereocenters. The van der Waals surface area contributed by atoms with E-state index in [0.717, 1.165) is 11.8 Å². The monoisotopic (exact) mass is 226 g/mol. The number of pyridine rings is 1. The van der Waals surface area contributed by atoms with E-state index in [1.54, 1.807) is 5.56 Å². The zero-order valence-electron chi connectivity index (χ0n) is 10.1. The van der Waals surface area contributed by atoms with Gasteiger partial charge in [0.25, 0.3) is 0 Å². The SMILES string of the molecule is c1cc2[nH]c3c(c2cn1)C1CCCCC1CC3. The molecule has 0 saturated heterocycles. The number of H-pyrrole nitrogens is 1. The maximum absolute atomic E-state index is 4.31. The first-order chi connectivity index (χ1) is 8.43. The highest BCUT2D eigenvalue weighted by molar-refractivity contribution is 5.84. The molecule has 1 saturated carbocycles. The van der Waals surface area contributed by atoms with Gasteiger partial charge in [0, 0.05) is 29.0 Å². The van der Waals surface area contributed by atoms with Crippen molar-refractivity contribution in [2.75, 3.05) is 0 Å². The number of rotatable bonds is 0. The third kappa shape index (κ3) is 1.36. The van der Waals surface area contributed by atoms with Gasteiger partial charge in [0.2, 0.25) is 0 Å². The molecule has 17 heavy (non-hydrogen) atoms. The van der Waals surface area contributed by atoms with Gasteiger partial charge >= 0.3 is 0 Å². The highest BCUT2D eigenvalue weighted by Gasteiger charge is 2.33. The second-order valence-corrected chi connectivity index (χ2v) is 5.63. The van der Waals surface area contributed by atoms with Crippen LogP contribution in [0, 0.1) is 5.92 Å². The molecule has 2 aromatic heterocycles. The highest BCUT2D eigenvalue weighted by atomic mass is 14.8. The molecule has 2 aliphatic rings. The molecule has 2 aliphatic carbocycles. The summed E-state index contributed by atoms with van der Waals surface area (Å²) in [5.41, 5.74) is 4.40. The van der Waals surface area contributed by atoms with Gasteiger partial charge in [-0.1, -0.05) is 12.8 Å². The van der Waals surface area contributed by atoms with E-state index in [1.807, 2.05) is 6.20 Å². The van der Waals surface area contributed by atoms with E-state index in [0.29, 0.717) is 0 Å². The van der Waals surface area contributed by atoms with Gasteiger partial charge in [-0.15, -0.1) is 0 Å². The van der Waals surface area contributed by atoms with E-state index >= 15 is 0 Å². The molecule has 1 N–H and O–H groups in total. The van der Waals surface area contributed by atoms with Gasteiger partial charge in [0.15, 0.2) is 0 Å². The van der Waals surface area contributed by atoms with Crippen molar-refractivity contribution in [3.63, 3.8) is 0 Å². The van der Waals surface area contributed by atoms with Crippen LogP contribution in [0.4, 0.5) is 0 Å². The molecule has 2 nitrogen and oxygen atoms in total. The smallest absolute Gasteiger partial charge is 0.0490 e. The normalized spacial score (nSPS) is 27.8. The second kappa shape index (κ2) is 3.59. The Morgan fingerprint density at radius 3 is 3.12 bits per heavy atom. The van der Waals surface area contributed by atoms with Crippen LogP contribution in [-0.2, 0) is 6.42 Å².